The van der Waals surface area contributed by atoms with Crippen LogP contribution in [0.15, 0.2) is 73.4 Å². The number of imidazole rings is 2. The van der Waals surface area contributed by atoms with Crippen LogP contribution in [-0.4, -0.2) is 19.1 Å². The molecular weight excluding hydrogens is 310 g/mol. The van der Waals surface area contributed by atoms with Gasteiger partial charge in [0, 0.05) is 18.0 Å². The second-order valence-corrected chi connectivity index (χ2v) is 6.34. The molecule has 5 heterocycles. The van der Waals surface area contributed by atoms with E-state index < -0.39 is 0 Å². The molecule has 1 aromatic carbocycles. The lowest BCUT2D eigenvalue weighted by atomic mass is 10.1. The van der Waals surface area contributed by atoms with E-state index in [1.54, 1.807) is 0 Å². The van der Waals surface area contributed by atoms with Crippen LogP contribution in [0.3, 0.4) is 0 Å². The Balaban J connectivity index is 1.84. The average Bonchev–Trinajstić information content (AvgIpc) is 3.29. The first kappa shape index (κ1) is 12.9. The SMILES string of the molecule is c1ccc(-n2c3cccnc3[n+]3cn4c(c23)-c2cnccc2C4)cc1. The Morgan fingerprint density at radius 1 is 0.960 bits per heavy atom. The van der Waals surface area contributed by atoms with E-state index in [1.165, 1.54) is 16.8 Å². The van der Waals surface area contributed by atoms with E-state index in [4.69, 9.17) is 0 Å². The minimum absolute atomic E-state index is 0.873. The monoisotopic (exact) mass is 324 g/mol. The van der Waals surface area contributed by atoms with Gasteiger partial charge in [-0.2, -0.15) is 4.40 Å². The van der Waals surface area contributed by atoms with Crippen LogP contribution in [-0.2, 0) is 6.54 Å². The van der Waals surface area contributed by atoms with Crippen LogP contribution >= 0.6 is 0 Å². The zero-order chi connectivity index (χ0) is 16.4. The molecule has 0 unspecified atom stereocenters. The number of rotatable bonds is 1. The van der Waals surface area contributed by atoms with Crippen molar-refractivity contribution < 1.29 is 4.40 Å². The topological polar surface area (TPSA) is 39.7 Å². The third-order valence-electron chi connectivity index (χ3n) is 4.95. The minimum atomic E-state index is 0.873. The Morgan fingerprint density at radius 2 is 1.88 bits per heavy atom. The summed E-state index contributed by atoms with van der Waals surface area (Å²) >= 11 is 0. The molecule has 0 bridgehead atoms. The van der Waals surface area contributed by atoms with Crippen molar-refractivity contribution in [1.82, 2.24) is 19.1 Å². The molecule has 118 valence electrons. The number of fused-ring (bicyclic) bond motifs is 7. The van der Waals surface area contributed by atoms with Crippen molar-refractivity contribution in [3.05, 3.63) is 79.0 Å². The lowest BCUT2D eigenvalue weighted by molar-refractivity contribution is -0.484. The summed E-state index contributed by atoms with van der Waals surface area (Å²) in [5.74, 6) is 0. The van der Waals surface area contributed by atoms with Gasteiger partial charge in [0.05, 0.1) is 18.4 Å². The molecule has 1 aliphatic rings. The van der Waals surface area contributed by atoms with Gasteiger partial charge < -0.3 is 0 Å². The number of nitrogens with zero attached hydrogens (tertiary/aromatic N) is 5. The fraction of sp³-hybridized carbons (Fsp3) is 0.0500. The maximum absolute atomic E-state index is 4.64. The number of hydrogen-bond acceptors (Lipinski definition) is 2. The van der Waals surface area contributed by atoms with Crippen LogP contribution in [0.2, 0.25) is 0 Å². The van der Waals surface area contributed by atoms with Crippen LogP contribution in [0.4, 0.5) is 0 Å². The summed E-state index contributed by atoms with van der Waals surface area (Å²) in [6, 6.07) is 16.7. The van der Waals surface area contributed by atoms with Crippen molar-refractivity contribution in [2.75, 3.05) is 0 Å². The quantitative estimate of drug-likeness (QED) is 0.436. The van der Waals surface area contributed by atoms with E-state index >= 15 is 0 Å². The van der Waals surface area contributed by atoms with Crippen molar-refractivity contribution in [3.63, 3.8) is 0 Å². The highest BCUT2D eigenvalue weighted by Gasteiger charge is 2.32. The molecule has 0 fully saturated rings. The van der Waals surface area contributed by atoms with Crippen molar-refractivity contribution in [1.29, 1.82) is 0 Å². The van der Waals surface area contributed by atoms with Gasteiger partial charge in [0.2, 0.25) is 5.65 Å². The fourth-order valence-corrected chi connectivity index (χ4v) is 3.92. The van der Waals surface area contributed by atoms with Gasteiger partial charge in [0.1, 0.15) is 0 Å². The number of benzene rings is 1. The highest BCUT2D eigenvalue weighted by Crippen LogP contribution is 2.35. The Bertz CT molecular complexity index is 1260. The first-order valence-electron chi connectivity index (χ1n) is 8.30. The van der Waals surface area contributed by atoms with E-state index in [2.05, 4.69) is 66.2 Å². The number of hydrogen-bond donors (Lipinski definition) is 0. The normalized spacial score (nSPS) is 12.6. The van der Waals surface area contributed by atoms with Crippen molar-refractivity contribution in [2.45, 2.75) is 6.54 Å². The molecule has 6 rings (SSSR count). The zero-order valence-corrected chi connectivity index (χ0v) is 13.4. The van der Waals surface area contributed by atoms with Gasteiger partial charge in [-0.25, -0.2) is 4.57 Å². The Hall–Kier alpha value is -3.47. The first-order chi connectivity index (χ1) is 12.4. The third-order valence-corrected chi connectivity index (χ3v) is 4.95. The minimum Gasteiger partial charge on any atom is -0.272 e. The highest BCUT2D eigenvalue weighted by molar-refractivity contribution is 5.84. The molecule has 0 spiro atoms. The molecule has 4 aromatic heterocycles. The van der Waals surface area contributed by atoms with Gasteiger partial charge in [0.15, 0.2) is 17.5 Å². The van der Waals surface area contributed by atoms with E-state index in [-0.39, 0.29) is 0 Å². The zero-order valence-electron chi connectivity index (χ0n) is 13.4. The van der Waals surface area contributed by atoms with Crippen LogP contribution < -0.4 is 4.40 Å². The number of para-hydroxylation sites is 1. The van der Waals surface area contributed by atoms with Crippen LogP contribution in [0.1, 0.15) is 5.56 Å². The maximum Gasteiger partial charge on any atom is 0.273 e. The molecule has 0 saturated heterocycles. The largest absolute Gasteiger partial charge is 0.273 e. The maximum atomic E-state index is 4.64. The fourth-order valence-electron chi connectivity index (χ4n) is 3.92. The second-order valence-electron chi connectivity index (χ2n) is 6.34. The van der Waals surface area contributed by atoms with E-state index in [0.29, 0.717) is 0 Å². The summed E-state index contributed by atoms with van der Waals surface area (Å²) in [6.07, 6.45) is 7.83. The Morgan fingerprint density at radius 3 is 2.80 bits per heavy atom. The molecular formula is C20H14N5+. The number of pyridine rings is 2. The molecule has 0 radical (unpaired) electrons. The molecule has 0 saturated carbocycles. The van der Waals surface area contributed by atoms with Crippen molar-refractivity contribution in [2.24, 2.45) is 0 Å². The number of aromatic nitrogens is 5. The van der Waals surface area contributed by atoms with E-state index in [1.807, 2.05) is 30.7 Å². The third kappa shape index (κ3) is 1.59. The Kier molecular flexibility index (Phi) is 2.34. The molecule has 5 heteroatoms. The summed E-state index contributed by atoms with van der Waals surface area (Å²) in [7, 11) is 0. The Labute approximate surface area is 143 Å². The summed E-state index contributed by atoms with van der Waals surface area (Å²) in [6.45, 7) is 0.873. The molecule has 5 aromatic rings. The van der Waals surface area contributed by atoms with Gasteiger partial charge in [-0.3, -0.25) is 9.55 Å². The highest BCUT2D eigenvalue weighted by atomic mass is 15.2. The summed E-state index contributed by atoms with van der Waals surface area (Å²) in [4.78, 5) is 8.99. The lowest BCUT2D eigenvalue weighted by Crippen LogP contribution is -2.18. The lowest BCUT2D eigenvalue weighted by Gasteiger charge is -2.02. The molecule has 0 N–H and O–H groups in total. The second kappa shape index (κ2) is 4.54. The van der Waals surface area contributed by atoms with Gasteiger partial charge in [0.25, 0.3) is 5.65 Å². The first-order valence-corrected chi connectivity index (χ1v) is 8.30. The molecule has 5 nitrogen and oxygen atoms in total. The standard InChI is InChI=1S/C20H14N5/c1-2-5-15(6-3-1)25-17-7-4-9-22-19(17)24-13-23-12-14-8-10-21-11-16(14)18(23)20(24)25/h1-11,13H,12H2/q+1. The molecule has 25 heavy (non-hydrogen) atoms. The molecule has 0 aliphatic carbocycles. The predicted octanol–water partition coefficient (Wildman–Crippen LogP) is 2.99. The van der Waals surface area contributed by atoms with Gasteiger partial charge in [-0.05, 0) is 35.9 Å². The molecule has 0 amide bonds. The van der Waals surface area contributed by atoms with Gasteiger partial charge in [-0.15, -0.1) is 4.98 Å². The van der Waals surface area contributed by atoms with E-state index in [9.17, 15) is 0 Å². The van der Waals surface area contributed by atoms with Crippen molar-refractivity contribution in [3.8, 4) is 16.9 Å². The molecule has 0 atom stereocenters. The van der Waals surface area contributed by atoms with Gasteiger partial charge >= 0.3 is 0 Å². The summed E-state index contributed by atoms with van der Waals surface area (Å²) in [5, 5.41) is 0. The van der Waals surface area contributed by atoms with E-state index in [0.717, 1.165) is 29.0 Å². The van der Waals surface area contributed by atoms with Crippen LogP contribution in [0, 0.1) is 0 Å². The smallest absolute Gasteiger partial charge is 0.272 e. The molecule has 1 aliphatic heterocycles. The van der Waals surface area contributed by atoms with Crippen LogP contribution in [0.25, 0.3) is 33.8 Å². The predicted molar refractivity (Wildman–Crippen MR) is 94.6 cm³/mol. The average molecular weight is 324 g/mol. The summed E-state index contributed by atoms with van der Waals surface area (Å²) in [5.41, 5.74) is 8.04. The summed E-state index contributed by atoms with van der Waals surface area (Å²) < 4.78 is 6.76. The van der Waals surface area contributed by atoms with Crippen molar-refractivity contribution >= 4 is 16.8 Å². The van der Waals surface area contributed by atoms with Gasteiger partial charge in [-0.1, -0.05) is 18.2 Å². The van der Waals surface area contributed by atoms with Crippen LogP contribution in [0.5, 0.6) is 0 Å².